The van der Waals surface area contributed by atoms with Crippen LogP contribution in [0.4, 0.5) is 16.2 Å². The number of hydrogen-bond donors (Lipinski definition) is 2. The third-order valence-corrected chi connectivity index (χ3v) is 7.51. The van der Waals surface area contributed by atoms with Crippen molar-refractivity contribution >= 4 is 23.0 Å². The summed E-state index contributed by atoms with van der Waals surface area (Å²) in [5.74, 6) is 0. The number of likely N-dealkylation sites (N-methyl/N-ethyl adjacent to an activating group) is 1. The van der Waals surface area contributed by atoms with E-state index in [-0.39, 0.29) is 6.03 Å². The van der Waals surface area contributed by atoms with Crippen LogP contribution in [0.5, 0.6) is 0 Å². The lowest BCUT2D eigenvalue weighted by Crippen LogP contribution is -2.43. The number of rotatable bonds is 6. The van der Waals surface area contributed by atoms with Gasteiger partial charge in [0.1, 0.15) is 0 Å². The van der Waals surface area contributed by atoms with E-state index in [0.717, 1.165) is 78.5 Å². The second kappa shape index (κ2) is 11.2. The van der Waals surface area contributed by atoms with Gasteiger partial charge >= 0.3 is 6.03 Å². The average molecular weight is 516 g/mol. The van der Waals surface area contributed by atoms with Crippen molar-refractivity contribution < 1.29 is 4.79 Å². The predicted octanol–water partition coefficient (Wildman–Crippen LogP) is 6.13. The fraction of sp³-hybridized carbons (Fsp3) is 0.212. The molecule has 2 heterocycles. The number of piperazine rings is 1. The number of hydrogen-bond acceptors (Lipinski definition) is 4. The number of benzene rings is 3. The first-order valence-electron chi connectivity index (χ1n) is 13.5. The molecule has 2 N–H and O–H groups in total. The number of nitrogens with zero attached hydrogens (tertiary/aromatic N) is 3. The van der Waals surface area contributed by atoms with Crippen LogP contribution in [0, 0.1) is 0 Å². The van der Waals surface area contributed by atoms with Gasteiger partial charge in [0.05, 0.1) is 5.69 Å². The minimum absolute atomic E-state index is 0.265. The fourth-order valence-corrected chi connectivity index (χ4v) is 5.28. The number of anilines is 2. The van der Waals surface area contributed by atoms with Crippen molar-refractivity contribution in [3.05, 3.63) is 120 Å². The van der Waals surface area contributed by atoms with Crippen LogP contribution in [-0.2, 0) is 13.0 Å². The SMILES string of the molecule is CN1CCN(Cc2ccc(-c3cnc4c(c3)C(c3cccc(NC(=O)Nc5ccccc5)c3)=CC4)cc2)CC1. The standard InChI is InChI=1S/C33H33N5O/c1-37-16-18-38(19-17-37)23-24-10-12-25(13-11-24)27-21-31-30(14-15-32(31)34-22-27)26-6-5-9-29(20-26)36-33(39)35-28-7-3-2-4-8-28/h2-14,20-22H,15-19,23H2,1H3,(H2,35,36,39). The summed E-state index contributed by atoms with van der Waals surface area (Å²) in [6, 6.07) is 28.3. The maximum atomic E-state index is 12.5. The molecule has 0 saturated carbocycles. The first-order chi connectivity index (χ1) is 19.1. The summed E-state index contributed by atoms with van der Waals surface area (Å²) in [6.45, 7) is 5.51. The van der Waals surface area contributed by atoms with Gasteiger partial charge in [-0.1, -0.05) is 60.7 Å². The van der Waals surface area contributed by atoms with Crippen LogP contribution < -0.4 is 10.6 Å². The number of pyridine rings is 1. The number of carbonyl (C=O) groups is 1. The zero-order valence-corrected chi connectivity index (χ0v) is 22.2. The summed E-state index contributed by atoms with van der Waals surface area (Å²) in [7, 11) is 2.19. The van der Waals surface area contributed by atoms with E-state index in [1.807, 2.05) is 54.7 Å². The van der Waals surface area contributed by atoms with E-state index in [1.165, 1.54) is 11.1 Å². The highest BCUT2D eigenvalue weighted by Crippen LogP contribution is 2.35. The molecule has 1 aliphatic carbocycles. The number of carbonyl (C=O) groups excluding carboxylic acids is 1. The van der Waals surface area contributed by atoms with E-state index in [0.29, 0.717) is 0 Å². The highest BCUT2D eigenvalue weighted by Gasteiger charge is 2.19. The minimum atomic E-state index is -0.265. The van der Waals surface area contributed by atoms with Gasteiger partial charge in [-0.15, -0.1) is 0 Å². The van der Waals surface area contributed by atoms with E-state index in [1.54, 1.807) is 0 Å². The summed E-state index contributed by atoms with van der Waals surface area (Å²) < 4.78 is 0. The van der Waals surface area contributed by atoms with Gasteiger partial charge in [-0.2, -0.15) is 0 Å². The van der Waals surface area contributed by atoms with Gasteiger partial charge in [0, 0.05) is 67.8 Å². The number of para-hydroxylation sites is 1. The van der Waals surface area contributed by atoms with E-state index < -0.39 is 0 Å². The number of fused-ring (bicyclic) bond motifs is 1. The van der Waals surface area contributed by atoms with Gasteiger partial charge in [-0.3, -0.25) is 9.88 Å². The molecule has 39 heavy (non-hydrogen) atoms. The zero-order valence-electron chi connectivity index (χ0n) is 22.2. The largest absolute Gasteiger partial charge is 0.323 e. The van der Waals surface area contributed by atoms with Crippen molar-refractivity contribution in [2.45, 2.75) is 13.0 Å². The minimum Gasteiger partial charge on any atom is -0.308 e. The van der Waals surface area contributed by atoms with Gasteiger partial charge in [0.25, 0.3) is 0 Å². The quantitative estimate of drug-likeness (QED) is 0.324. The number of nitrogens with one attached hydrogen (secondary N) is 2. The highest BCUT2D eigenvalue weighted by atomic mass is 16.2. The number of amides is 2. The fourth-order valence-electron chi connectivity index (χ4n) is 5.28. The molecule has 0 unspecified atom stereocenters. The van der Waals surface area contributed by atoms with Crippen molar-refractivity contribution in [1.29, 1.82) is 0 Å². The molecule has 0 bridgehead atoms. The average Bonchev–Trinajstić information content (AvgIpc) is 3.39. The number of aromatic nitrogens is 1. The van der Waals surface area contributed by atoms with Crippen LogP contribution in [0.1, 0.15) is 22.4 Å². The van der Waals surface area contributed by atoms with Crippen LogP contribution in [0.25, 0.3) is 16.7 Å². The molecule has 196 valence electrons. The molecular weight excluding hydrogens is 482 g/mol. The third-order valence-electron chi connectivity index (χ3n) is 7.51. The molecule has 1 saturated heterocycles. The second-order valence-corrected chi connectivity index (χ2v) is 10.3. The Bertz CT molecular complexity index is 1490. The molecule has 2 amide bonds. The van der Waals surface area contributed by atoms with Crippen molar-refractivity contribution in [3.8, 4) is 11.1 Å². The predicted molar refractivity (Wildman–Crippen MR) is 159 cm³/mol. The molecule has 0 spiro atoms. The Hall–Kier alpha value is -4.26. The van der Waals surface area contributed by atoms with E-state index in [9.17, 15) is 4.79 Å². The summed E-state index contributed by atoms with van der Waals surface area (Å²) in [5.41, 5.74) is 9.58. The Kier molecular flexibility index (Phi) is 7.21. The van der Waals surface area contributed by atoms with Crippen LogP contribution in [-0.4, -0.2) is 54.0 Å². The van der Waals surface area contributed by atoms with Gasteiger partial charge in [0.15, 0.2) is 0 Å². The van der Waals surface area contributed by atoms with Crippen molar-refractivity contribution in [2.24, 2.45) is 0 Å². The first-order valence-corrected chi connectivity index (χ1v) is 13.5. The Morgan fingerprint density at radius 3 is 2.33 bits per heavy atom. The molecule has 6 nitrogen and oxygen atoms in total. The summed E-state index contributed by atoms with van der Waals surface area (Å²) in [5, 5.41) is 5.82. The van der Waals surface area contributed by atoms with Gasteiger partial charge in [-0.25, -0.2) is 4.79 Å². The van der Waals surface area contributed by atoms with Gasteiger partial charge < -0.3 is 15.5 Å². The van der Waals surface area contributed by atoms with Crippen molar-refractivity contribution in [2.75, 3.05) is 43.9 Å². The Labute approximate surface area is 230 Å². The lowest BCUT2D eigenvalue weighted by atomic mass is 9.97. The van der Waals surface area contributed by atoms with Gasteiger partial charge in [-0.05, 0) is 59.6 Å². The lowest BCUT2D eigenvalue weighted by molar-refractivity contribution is 0.148. The Morgan fingerprint density at radius 1 is 0.795 bits per heavy atom. The molecule has 0 radical (unpaired) electrons. The van der Waals surface area contributed by atoms with Crippen LogP contribution >= 0.6 is 0 Å². The molecule has 1 fully saturated rings. The number of urea groups is 1. The van der Waals surface area contributed by atoms with Crippen molar-refractivity contribution in [1.82, 2.24) is 14.8 Å². The summed E-state index contributed by atoms with van der Waals surface area (Å²) >= 11 is 0. The maximum absolute atomic E-state index is 12.5. The Balaban J connectivity index is 1.16. The number of allylic oxidation sites excluding steroid dienone is 1. The third kappa shape index (κ3) is 5.93. The topological polar surface area (TPSA) is 60.5 Å². The second-order valence-electron chi connectivity index (χ2n) is 10.3. The molecule has 0 atom stereocenters. The molecule has 6 rings (SSSR count). The van der Waals surface area contributed by atoms with Crippen LogP contribution in [0.15, 0.2) is 97.2 Å². The molecular formula is C33H33N5O. The molecule has 6 heteroatoms. The van der Waals surface area contributed by atoms with E-state index in [4.69, 9.17) is 4.98 Å². The Morgan fingerprint density at radius 2 is 1.54 bits per heavy atom. The molecule has 1 aliphatic heterocycles. The summed E-state index contributed by atoms with van der Waals surface area (Å²) in [4.78, 5) is 22.2. The summed E-state index contributed by atoms with van der Waals surface area (Å²) in [6.07, 6.45) is 5.02. The van der Waals surface area contributed by atoms with E-state index in [2.05, 4.69) is 70.0 Å². The van der Waals surface area contributed by atoms with Crippen LogP contribution in [0.2, 0.25) is 0 Å². The molecule has 3 aromatic carbocycles. The molecule has 2 aliphatic rings. The van der Waals surface area contributed by atoms with Gasteiger partial charge in [0.2, 0.25) is 0 Å². The molecule has 1 aromatic heterocycles. The highest BCUT2D eigenvalue weighted by molar-refractivity contribution is 6.00. The van der Waals surface area contributed by atoms with Crippen molar-refractivity contribution in [3.63, 3.8) is 0 Å². The lowest BCUT2D eigenvalue weighted by Gasteiger charge is -2.32. The normalized spacial score (nSPS) is 15.5. The smallest absolute Gasteiger partial charge is 0.308 e. The first kappa shape index (κ1) is 25.0. The maximum Gasteiger partial charge on any atom is 0.323 e. The van der Waals surface area contributed by atoms with E-state index >= 15 is 0 Å². The molecule has 4 aromatic rings. The van der Waals surface area contributed by atoms with Crippen LogP contribution in [0.3, 0.4) is 0 Å². The monoisotopic (exact) mass is 515 g/mol. The zero-order chi connectivity index (χ0) is 26.6.